The van der Waals surface area contributed by atoms with Crippen LogP contribution in [0.15, 0.2) is 23.7 Å². The molecule has 0 amide bonds. The number of hydrogen-bond acceptors (Lipinski definition) is 5. The molecule has 0 fully saturated rings. The largest absolute Gasteiger partial charge is 0.298 e. The summed E-state index contributed by atoms with van der Waals surface area (Å²) in [6, 6.07) is 0. The molecule has 0 bridgehead atoms. The number of aryl methyl sites for hydroxylation is 1. The molecule has 1 atom stereocenters. The Morgan fingerprint density at radius 2 is 1.95 bits per heavy atom. The summed E-state index contributed by atoms with van der Waals surface area (Å²) in [5.74, 6) is 0. The van der Waals surface area contributed by atoms with Crippen molar-refractivity contribution in [3.63, 3.8) is 0 Å². The van der Waals surface area contributed by atoms with E-state index in [0.717, 1.165) is 35.9 Å². The highest BCUT2D eigenvalue weighted by molar-refractivity contribution is 7.99. The summed E-state index contributed by atoms with van der Waals surface area (Å²) < 4.78 is 0. The second-order valence-corrected chi connectivity index (χ2v) is 6.81. The molecule has 21 heavy (non-hydrogen) atoms. The van der Waals surface area contributed by atoms with E-state index in [1.807, 2.05) is 25.5 Å². The van der Waals surface area contributed by atoms with Crippen molar-refractivity contribution in [2.24, 2.45) is 0 Å². The number of nitrogens with zero attached hydrogens (tertiary/aromatic N) is 4. The molecule has 0 radical (unpaired) electrons. The van der Waals surface area contributed by atoms with Gasteiger partial charge >= 0.3 is 0 Å². The maximum atomic E-state index is 4.44. The zero-order valence-corrected chi connectivity index (χ0v) is 13.9. The molecule has 2 aromatic rings. The van der Waals surface area contributed by atoms with Gasteiger partial charge in [-0.3, -0.25) is 10.00 Å². The number of thioether (sulfide) groups is 1. The predicted molar refractivity (Wildman–Crippen MR) is 86.1 cm³/mol. The van der Waals surface area contributed by atoms with Gasteiger partial charge in [0.1, 0.15) is 0 Å². The average Bonchev–Trinajstić information content (AvgIpc) is 2.86. The van der Waals surface area contributed by atoms with E-state index in [1.54, 1.807) is 11.8 Å². The van der Waals surface area contributed by atoms with E-state index in [0.29, 0.717) is 5.25 Å². The summed E-state index contributed by atoms with van der Waals surface area (Å²) in [4.78, 5) is 11.1. The molecule has 0 saturated heterocycles. The molecule has 2 heterocycles. The van der Waals surface area contributed by atoms with Crippen molar-refractivity contribution in [3.8, 4) is 0 Å². The summed E-state index contributed by atoms with van der Waals surface area (Å²) in [7, 11) is 2.09. The van der Waals surface area contributed by atoms with Gasteiger partial charge in [0.25, 0.3) is 0 Å². The fourth-order valence-corrected chi connectivity index (χ4v) is 2.70. The summed E-state index contributed by atoms with van der Waals surface area (Å²) in [5, 5.41) is 8.44. The lowest BCUT2D eigenvalue weighted by molar-refractivity contribution is 0.317. The zero-order valence-electron chi connectivity index (χ0n) is 13.1. The molecule has 2 rings (SSSR count). The molecule has 0 unspecified atom stereocenters. The topological polar surface area (TPSA) is 57.7 Å². The van der Waals surface area contributed by atoms with E-state index >= 15 is 0 Å². The number of hydrogen-bond donors (Lipinski definition) is 1. The van der Waals surface area contributed by atoms with Crippen molar-refractivity contribution in [1.82, 2.24) is 25.1 Å². The van der Waals surface area contributed by atoms with Gasteiger partial charge in [-0.05, 0) is 20.4 Å². The van der Waals surface area contributed by atoms with Crippen molar-refractivity contribution in [3.05, 3.63) is 35.4 Å². The molecule has 0 aliphatic rings. The minimum absolute atomic E-state index is 0.558. The lowest BCUT2D eigenvalue weighted by Gasteiger charge is -2.16. The predicted octanol–water partition coefficient (Wildman–Crippen LogP) is 3.03. The van der Waals surface area contributed by atoms with Gasteiger partial charge in [-0.25, -0.2) is 9.97 Å². The van der Waals surface area contributed by atoms with E-state index < -0.39 is 0 Å². The number of H-pyrrole nitrogens is 1. The van der Waals surface area contributed by atoms with Crippen LogP contribution in [-0.4, -0.2) is 37.4 Å². The van der Waals surface area contributed by atoms with Crippen LogP contribution in [0.3, 0.4) is 0 Å². The van der Waals surface area contributed by atoms with Crippen LogP contribution < -0.4 is 0 Å². The molecule has 0 aliphatic carbocycles. The third-order valence-electron chi connectivity index (χ3n) is 3.39. The van der Waals surface area contributed by atoms with Crippen LogP contribution in [0.2, 0.25) is 0 Å². The number of rotatable bonds is 7. The van der Waals surface area contributed by atoms with E-state index in [1.165, 1.54) is 5.56 Å². The van der Waals surface area contributed by atoms with E-state index in [2.05, 4.69) is 46.0 Å². The quantitative estimate of drug-likeness (QED) is 0.629. The van der Waals surface area contributed by atoms with Gasteiger partial charge in [-0.2, -0.15) is 5.10 Å². The second-order valence-electron chi connectivity index (χ2n) is 5.40. The highest BCUT2D eigenvalue weighted by Gasteiger charge is 2.08. The third-order valence-corrected chi connectivity index (χ3v) is 4.55. The summed E-state index contributed by atoms with van der Waals surface area (Å²) in [6.45, 7) is 8.12. The van der Waals surface area contributed by atoms with Crippen LogP contribution in [0, 0.1) is 6.92 Å². The number of aromatic nitrogens is 4. The summed E-state index contributed by atoms with van der Waals surface area (Å²) in [5.41, 5.74) is 3.48. The fraction of sp³-hybridized carbons (Fsp3) is 0.533. The van der Waals surface area contributed by atoms with Crippen molar-refractivity contribution in [2.75, 3.05) is 7.05 Å². The molecule has 0 aliphatic heterocycles. The minimum Gasteiger partial charge on any atom is -0.298 e. The summed E-state index contributed by atoms with van der Waals surface area (Å²) >= 11 is 1.73. The van der Waals surface area contributed by atoms with Gasteiger partial charge < -0.3 is 0 Å². The molecule has 2 aromatic heterocycles. The molecule has 6 heteroatoms. The Labute approximate surface area is 130 Å². The molecule has 5 nitrogen and oxygen atoms in total. The Balaban J connectivity index is 1.89. The molecule has 1 N–H and O–H groups in total. The Kier molecular flexibility index (Phi) is 5.76. The van der Waals surface area contributed by atoms with Crippen molar-refractivity contribution in [1.29, 1.82) is 0 Å². The zero-order chi connectivity index (χ0) is 15.2. The molecule has 0 spiro atoms. The van der Waals surface area contributed by atoms with Gasteiger partial charge in [-0.15, -0.1) is 0 Å². The second kappa shape index (κ2) is 7.56. The Morgan fingerprint density at radius 3 is 2.52 bits per heavy atom. The first kappa shape index (κ1) is 16.0. The molecule has 114 valence electrons. The molecule has 0 saturated carbocycles. The number of aromatic amines is 1. The van der Waals surface area contributed by atoms with Gasteiger partial charge in [0.2, 0.25) is 0 Å². The Morgan fingerprint density at radius 1 is 1.24 bits per heavy atom. The Hall–Kier alpha value is -1.40. The Bertz CT molecular complexity index is 551. The van der Waals surface area contributed by atoms with Crippen molar-refractivity contribution < 1.29 is 0 Å². The maximum Gasteiger partial charge on any atom is 0.187 e. The molecule has 0 aromatic carbocycles. The van der Waals surface area contributed by atoms with Crippen LogP contribution >= 0.6 is 11.8 Å². The monoisotopic (exact) mass is 305 g/mol. The van der Waals surface area contributed by atoms with Gasteiger partial charge in [0.15, 0.2) is 5.16 Å². The minimum atomic E-state index is 0.558. The van der Waals surface area contributed by atoms with Crippen LogP contribution in [-0.2, 0) is 13.1 Å². The van der Waals surface area contributed by atoms with E-state index in [9.17, 15) is 0 Å². The first-order valence-electron chi connectivity index (χ1n) is 7.23. The maximum absolute atomic E-state index is 4.44. The van der Waals surface area contributed by atoms with Crippen LogP contribution in [0.4, 0.5) is 0 Å². The van der Waals surface area contributed by atoms with Crippen molar-refractivity contribution >= 4 is 11.8 Å². The highest BCUT2D eigenvalue weighted by atomic mass is 32.2. The van der Waals surface area contributed by atoms with Gasteiger partial charge in [0, 0.05) is 47.6 Å². The standard InChI is InChI=1S/C15H23N5S/c1-5-11(2)21-15-16-6-13(7-17-15)9-20(4)10-14-8-18-19-12(14)3/h6-8,11H,5,9-10H2,1-4H3,(H,18,19)/t11-/m1/s1. The van der Waals surface area contributed by atoms with Crippen LogP contribution in [0.5, 0.6) is 0 Å². The summed E-state index contributed by atoms with van der Waals surface area (Å²) in [6.07, 6.45) is 6.86. The van der Waals surface area contributed by atoms with E-state index in [4.69, 9.17) is 0 Å². The SMILES string of the molecule is CC[C@@H](C)Sc1ncc(CN(C)Cc2cn[nH]c2C)cn1. The first-order valence-corrected chi connectivity index (χ1v) is 8.11. The number of nitrogens with one attached hydrogen (secondary N) is 1. The van der Waals surface area contributed by atoms with Crippen LogP contribution in [0.25, 0.3) is 0 Å². The van der Waals surface area contributed by atoms with E-state index in [-0.39, 0.29) is 0 Å². The third kappa shape index (κ3) is 4.82. The normalized spacial score (nSPS) is 12.8. The van der Waals surface area contributed by atoms with Gasteiger partial charge in [-0.1, -0.05) is 25.6 Å². The fourth-order valence-electron chi connectivity index (χ4n) is 1.94. The molecular formula is C15H23N5S. The lowest BCUT2D eigenvalue weighted by atomic mass is 10.2. The highest BCUT2D eigenvalue weighted by Crippen LogP contribution is 2.21. The van der Waals surface area contributed by atoms with Gasteiger partial charge in [0.05, 0.1) is 6.20 Å². The molecular weight excluding hydrogens is 282 g/mol. The average molecular weight is 305 g/mol. The first-order chi connectivity index (χ1) is 10.1. The smallest absolute Gasteiger partial charge is 0.187 e. The van der Waals surface area contributed by atoms with Crippen LogP contribution in [0.1, 0.15) is 37.1 Å². The lowest BCUT2D eigenvalue weighted by Crippen LogP contribution is -2.17. The van der Waals surface area contributed by atoms with Crippen molar-refractivity contribution in [2.45, 2.75) is 50.7 Å².